The van der Waals surface area contributed by atoms with Crippen LogP contribution in [0.2, 0.25) is 0 Å². The first kappa shape index (κ1) is 17.9. The third-order valence-corrected chi connectivity index (χ3v) is 4.76. The number of rotatable bonds is 11. The molecule has 0 fully saturated rings. The van der Waals surface area contributed by atoms with Crippen molar-refractivity contribution in [2.75, 3.05) is 5.32 Å². The highest BCUT2D eigenvalue weighted by atomic mass is 15.1. The molecule has 4 nitrogen and oxygen atoms in total. The first-order valence-corrected chi connectivity index (χ1v) is 9.30. The topological polar surface area (TPSA) is 50.2 Å². The van der Waals surface area contributed by atoms with Crippen LogP contribution in [0.25, 0.3) is 0 Å². The molecule has 1 atom stereocenters. The van der Waals surface area contributed by atoms with Crippen LogP contribution in [-0.4, -0.2) is 21.7 Å². The summed E-state index contributed by atoms with van der Waals surface area (Å²) in [5.41, 5.74) is 2.24. The van der Waals surface area contributed by atoms with E-state index >= 15 is 0 Å². The van der Waals surface area contributed by atoms with Crippen molar-refractivity contribution in [2.24, 2.45) is 4.99 Å². The predicted octanol–water partition coefficient (Wildman–Crippen LogP) is 5.13. The smallest absolute Gasteiger partial charge is 0.138 e. The van der Waals surface area contributed by atoms with Gasteiger partial charge >= 0.3 is 0 Å². The van der Waals surface area contributed by atoms with Gasteiger partial charge in [-0.1, -0.05) is 58.8 Å². The van der Waals surface area contributed by atoms with Gasteiger partial charge in [0.25, 0.3) is 0 Å². The molecular weight excluding hydrogens is 284 g/mol. The van der Waals surface area contributed by atoms with E-state index in [2.05, 4.69) is 41.0 Å². The molecular formula is C19H32N4. The average molecular weight is 316 g/mol. The van der Waals surface area contributed by atoms with Gasteiger partial charge in [0.15, 0.2) is 0 Å². The Kier molecular flexibility index (Phi) is 7.00. The van der Waals surface area contributed by atoms with Gasteiger partial charge in [-0.15, -0.1) is 0 Å². The Bertz CT molecular complexity index is 512. The summed E-state index contributed by atoms with van der Waals surface area (Å²) in [5, 5.41) is 3.74. The fourth-order valence-corrected chi connectivity index (χ4v) is 3.24. The molecule has 0 aromatic carbocycles. The van der Waals surface area contributed by atoms with Crippen molar-refractivity contribution in [2.45, 2.75) is 90.6 Å². The Morgan fingerprint density at radius 3 is 2.52 bits per heavy atom. The van der Waals surface area contributed by atoms with E-state index in [1.807, 2.05) is 6.21 Å². The van der Waals surface area contributed by atoms with E-state index in [0.717, 1.165) is 17.1 Å². The van der Waals surface area contributed by atoms with E-state index in [1.165, 1.54) is 57.8 Å². The van der Waals surface area contributed by atoms with Crippen LogP contribution in [0.3, 0.4) is 0 Å². The molecule has 128 valence electrons. The quantitative estimate of drug-likeness (QED) is 0.576. The van der Waals surface area contributed by atoms with Crippen molar-refractivity contribution in [3.8, 4) is 0 Å². The normalized spacial score (nSPS) is 15.4. The fourth-order valence-electron chi connectivity index (χ4n) is 3.24. The van der Waals surface area contributed by atoms with Crippen molar-refractivity contribution in [1.29, 1.82) is 0 Å². The van der Waals surface area contributed by atoms with Gasteiger partial charge in [0.05, 0.1) is 17.8 Å². The minimum atomic E-state index is 0.112. The van der Waals surface area contributed by atoms with Gasteiger partial charge < -0.3 is 5.32 Å². The lowest BCUT2D eigenvalue weighted by Gasteiger charge is -2.32. The summed E-state index contributed by atoms with van der Waals surface area (Å²) in [4.78, 5) is 13.2. The zero-order valence-corrected chi connectivity index (χ0v) is 15.1. The molecule has 0 amide bonds. The Morgan fingerprint density at radius 1 is 1.00 bits per heavy atom. The van der Waals surface area contributed by atoms with Crippen LogP contribution in [0, 0.1) is 0 Å². The Balaban J connectivity index is 2.00. The minimum absolute atomic E-state index is 0.112. The molecule has 0 saturated heterocycles. The number of anilines is 1. The van der Waals surface area contributed by atoms with Crippen molar-refractivity contribution in [3.63, 3.8) is 0 Å². The van der Waals surface area contributed by atoms with E-state index in [-0.39, 0.29) is 5.54 Å². The molecule has 2 rings (SSSR count). The summed E-state index contributed by atoms with van der Waals surface area (Å²) < 4.78 is 0. The Morgan fingerprint density at radius 2 is 1.74 bits per heavy atom. The van der Waals surface area contributed by atoms with Gasteiger partial charge in [-0.25, -0.2) is 9.97 Å². The Labute approximate surface area is 141 Å². The van der Waals surface area contributed by atoms with Gasteiger partial charge in [0, 0.05) is 11.8 Å². The number of nitrogens with zero attached hydrogens (tertiary/aromatic N) is 3. The number of nitrogens with one attached hydrogen (secondary N) is 1. The number of unbranched alkanes of at least 4 members (excludes halogenated alkanes) is 5. The van der Waals surface area contributed by atoms with Crippen LogP contribution >= 0.6 is 0 Å². The molecule has 1 aromatic heterocycles. The highest BCUT2D eigenvalue weighted by molar-refractivity contribution is 5.89. The van der Waals surface area contributed by atoms with E-state index in [1.54, 1.807) is 6.33 Å². The second-order valence-corrected chi connectivity index (χ2v) is 7.01. The maximum Gasteiger partial charge on any atom is 0.138 e. The number of aliphatic imine (C=N–C) groups is 1. The number of fused-ring (bicyclic) bond motifs is 1. The second kappa shape index (κ2) is 8.99. The molecule has 1 aliphatic heterocycles. The first-order valence-electron chi connectivity index (χ1n) is 9.30. The number of hydrogen-bond acceptors (Lipinski definition) is 4. The average Bonchev–Trinajstić information content (AvgIpc) is 3.03. The summed E-state index contributed by atoms with van der Waals surface area (Å²) in [6.07, 6.45) is 15.1. The van der Waals surface area contributed by atoms with Gasteiger partial charge in [-0.3, -0.25) is 4.99 Å². The summed E-state index contributed by atoms with van der Waals surface area (Å²) >= 11 is 0. The number of aromatic nitrogens is 2. The third-order valence-electron chi connectivity index (χ3n) is 4.76. The molecule has 1 aromatic rings. The molecule has 0 spiro atoms. The van der Waals surface area contributed by atoms with Crippen molar-refractivity contribution in [1.82, 2.24) is 9.97 Å². The van der Waals surface area contributed by atoms with E-state index < -0.39 is 0 Å². The van der Waals surface area contributed by atoms with Crippen molar-refractivity contribution < 1.29 is 0 Å². The first-order chi connectivity index (χ1) is 11.2. The van der Waals surface area contributed by atoms with E-state index in [4.69, 9.17) is 0 Å². The lowest BCUT2D eigenvalue weighted by molar-refractivity contribution is 0.399. The maximum absolute atomic E-state index is 4.49. The van der Waals surface area contributed by atoms with Crippen LogP contribution in [0.1, 0.15) is 89.8 Å². The summed E-state index contributed by atoms with van der Waals surface area (Å²) in [5.74, 6) is 0.961. The lowest BCUT2D eigenvalue weighted by atomic mass is 9.88. The van der Waals surface area contributed by atoms with Gasteiger partial charge in [0.2, 0.25) is 0 Å². The molecule has 4 heteroatoms. The molecule has 1 N–H and O–H groups in total. The van der Waals surface area contributed by atoms with Gasteiger partial charge in [-0.2, -0.15) is 0 Å². The highest BCUT2D eigenvalue weighted by Crippen LogP contribution is 2.28. The third kappa shape index (κ3) is 5.29. The number of hydrogen-bond donors (Lipinski definition) is 1. The molecule has 0 aliphatic carbocycles. The fraction of sp³-hybridized carbons (Fsp3) is 0.737. The molecule has 2 heterocycles. The zero-order chi connectivity index (χ0) is 16.5. The molecule has 0 bridgehead atoms. The second-order valence-electron chi connectivity index (χ2n) is 7.01. The highest BCUT2D eigenvalue weighted by Gasteiger charge is 2.25. The van der Waals surface area contributed by atoms with Gasteiger partial charge in [0.1, 0.15) is 12.1 Å². The zero-order valence-electron chi connectivity index (χ0n) is 15.1. The SMILES string of the molecule is CCCCCCCC(C)(CCCC)Nc1ncnc2c1C=NC2. The van der Waals surface area contributed by atoms with E-state index in [0.29, 0.717) is 6.54 Å². The van der Waals surface area contributed by atoms with Crippen LogP contribution < -0.4 is 5.32 Å². The lowest BCUT2D eigenvalue weighted by Crippen LogP contribution is -2.35. The summed E-state index contributed by atoms with van der Waals surface area (Å²) in [6.45, 7) is 7.57. The molecule has 0 radical (unpaired) electrons. The van der Waals surface area contributed by atoms with E-state index in [9.17, 15) is 0 Å². The van der Waals surface area contributed by atoms with Crippen LogP contribution in [0.5, 0.6) is 0 Å². The van der Waals surface area contributed by atoms with Crippen LogP contribution in [-0.2, 0) is 6.54 Å². The standard InChI is InChI=1S/C19H32N4/c1-4-6-8-9-10-12-19(3,11-7-5-2)23-18-16-13-20-14-17(16)21-15-22-18/h13,15H,4-12,14H2,1-3H3,(H,21,22,23). The molecule has 1 unspecified atom stereocenters. The summed E-state index contributed by atoms with van der Waals surface area (Å²) in [7, 11) is 0. The predicted molar refractivity (Wildman–Crippen MR) is 98.3 cm³/mol. The minimum Gasteiger partial charge on any atom is -0.364 e. The Hall–Kier alpha value is -1.45. The van der Waals surface area contributed by atoms with Crippen molar-refractivity contribution >= 4 is 12.0 Å². The van der Waals surface area contributed by atoms with Crippen LogP contribution in [0.4, 0.5) is 5.82 Å². The summed E-state index contributed by atoms with van der Waals surface area (Å²) in [6, 6.07) is 0. The monoisotopic (exact) mass is 316 g/mol. The van der Waals surface area contributed by atoms with Gasteiger partial charge in [-0.05, 0) is 19.8 Å². The molecule has 1 aliphatic rings. The maximum atomic E-state index is 4.49. The molecule has 23 heavy (non-hydrogen) atoms. The van der Waals surface area contributed by atoms with Crippen LogP contribution in [0.15, 0.2) is 11.3 Å². The van der Waals surface area contributed by atoms with Crippen molar-refractivity contribution in [3.05, 3.63) is 17.6 Å². The molecule has 0 saturated carbocycles. The largest absolute Gasteiger partial charge is 0.364 e.